The van der Waals surface area contributed by atoms with Gasteiger partial charge in [-0.25, -0.2) is 9.67 Å². The highest BCUT2D eigenvalue weighted by Gasteiger charge is 2.30. The van der Waals surface area contributed by atoms with Crippen molar-refractivity contribution in [2.24, 2.45) is 0 Å². The Morgan fingerprint density at radius 2 is 1.84 bits per heavy atom. The van der Waals surface area contributed by atoms with Gasteiger partial charge in [0.05, 0.1) is 11.7 Å². The molecule has 5 heteroatoms. The van der Waals surface area contributed by atoms with E-state index < -0.39 is 0 Å². The van der Waals surface area contributed by atoms with E-state index in [1.807, 2.05) is 29.2 Å². The number of nitrogens with zero attached hydrogens (tertiary/aromatic N) is 4. The Kier molecular flexibility index (Phi) is 4.06. The van der Waals surface area contributed by atoms with Crippen LogP contribution in [0.4, 0.5) is 0 Å². The molecule has 4 rings (SSSR count). The number of likely N-dealkylation sites (tertiary alicyclic amines) is 1. The largest absolute Gasteiger partial charge is 0.332 e. The predicted octanol–water partition coefficient (Wildman–Crippen LogP) is 3.55. The van der Waals surface area contributed by atoms with Gasteiger partial charge < -0.3 is 4.90 Å². The second kappa shape index (κ2) is 6.51. The van der Waals surface area contributed by atoms with Crippen LogP contribution in [0.3, 0.4) is 0 Å². The molecule has 0 N–H and O–H groups in total. The zero-order valence-corrected chi connectivity index (χ0v) is 14.2. The lowest BCUT2D eigenvalue weighted by Gasteiger charge is -2.25. The van der Waals surface area contributed by atoms with Crippen LogP contribution in [-0.2, 0) is 0 Å². The third kappa shape index (κ3) is 3.05. The number of hydrogen-bond donors (Lipinski definition) is 0. The number of aryl methyl sites for hydroxylation is 1. The van der Waals surface area contributed by atoms with Crippen molar-refractivity contribution in [1.29, 1.82) is 0 Å². The minimum atomic E-state index is 0.0909. The summed E-state index contributed by atoms with van der Waals surface area (Å²) in [7, 11) is 0. The van der Waals surface area contributed by atoms with Gasteiger partial charge in [0.25, 0.3) is 5.91 Å². The van der Waals surface area contributed by atoms with E-state index in [4.69, 9.17) is 0 Å². The molecule has 0 aliphatic carbocycles. The maximum atomic E-state index is 13.0. The third-order valence-corrected chi connectivity index (χ3v) is 4.77. The molecule has 0 saturated carbocycles. The fourth-order valence-corrected chi connectivity index (χ4v) is 3.41. The second-order valence-corrected chi connectivity index (χ2v) is 6.45. The van der Waals surface area contributed by atoms with Crippen LogP contribution >= 0.6 is 0 Å². The van der Waals surface area contributed by atoms with E-state index in [1.54, 1.807) is 11.0 Å². The van der Waals surface area contributed by atoms with Crippen LogP contribution in [-0.4, -0.2) is 32.1 Å². The lowest BCUT2D eigenvalue weighted by atomic mass is 10.0. The Hall–Kier alpha value is -2.95. The number of carbonyl (C=O) groups excluding carboxylic acids is 1. The minimum absolute atomic E-state index is 0.0909. The molecule has 0 bridgehead atoms. The van der Waals surface area contributed by atoms with Crippen molar-refractivity contribution < 1.29 is 4.79 Å². The molecule has 0 spiro atoms. The van der Waals surface area contributed by atoms with E-state index in [9.17, 15) is 4.79 Å². The molecule has 2 heterocycles. The summed E-state index contributed by atoms with van der Waals surface area (Å²) >= 11 is 0. The number of benzene rings is 2. The summed E-state index contributed by atoms with van der Waals surface area (Å²) in [6.07, 6.45) is 5.20. The summed E-state index contributed by atoms with van der Waals surface area (Å²) in [6, 6.07) is 16.2. The second-order valence-electron chi connectivity index (χ2n) is 6.45. The first-order valence-corrected chi connectivity index (χ1v) is 8.55. The normalized spacial score (nSPS) is 17.0. The fourth-order valence-electron chi connectivity index (χ4n) is 3.41. The van der Waals surface area contributed by atoms with Crippen LogP contribution in [0.1, 0.15) is 40.4 Å². The lowest BCUT2D eigenvalue weighted by molar-refractivity contribution is 0.0735. The van der Waals surface area contributed by atoms with E-state index in [-0.39, 0.29) is 11.9 Å². The summed E-state index contributed by atoms with van der Waals surface area (Å²) in [5.74, 6) is 0.0909. The third-order valence-electron chi connectivity index (χ3n) is 4.77. The Morgan fingerprint density at radius 3 is 2.52 bits per heavy atom. The molecule has 1 aromatic heterocycles. The van der Waals surface area contributed by atoms with Gasteiger partial charge in [-0.05, 0) is 49.6 Å². The molecule has 1 atom stereocenters. The van der Waals surface area contributed by atoms with Crippen LogP contribution in [0.5, 0.6) is 0 Å². The highest BCUT2D eigenvalue weighted by atomic mass is 16.2. The summed E-state index contributed by atoms with van der Waals surface area (Å²) in [4.78, 5) is 18.9. The summed E-state index contributed by atoms with van der Waals surface area (Å²) in [5.41, 5.74) is 4.06. The quantitative estimate of drug-likeness (QED) is 0.737. The first-order chi connectivity index (χ1) is 12.2. The SMILES string of the molecule is Cc1ccc(C2CCCN2C(=O)c2ccc(-n3cncn3)cc2)cc1. The number of amides is 1. The molecule has 3 aromatic rings. The van der Waals surface area contributed by atoms with Crippen LogP contribution in [0.2, 0.25) is 0 Å². The van der Waals surface area contributed by atoms with Crippen molar-refractivity contribution in [1.82, 2.24) is 19.7 Å². The van der Waals surface area contributed by atoms with E-state index >= 15 is 0 Å². The first kappa shape index (κ1) is 15.6. The number of carbonyl (C=O) groups is 1. The van der Waals surface area contributed by atoms with Gasteiger partial charge in [0.1, 0.15) is 12.7 Å². The molecule has 1 fully saturated rings. The standard InChI is InChI=1S/C20H20N4O/c1-15-4-6-16(7-5-15)19-3-2-12-23(19)20(25)17-8-10-18(11-9-17)24-14-21-13-22-24/h4-11,13-14,19H,2-3,12H2,1H3. The Bertz CT molecular complexity index is 854. The number of aromatic nitrogens is 3. The van der Waals surface area contributed by atoms with Gasteiger partial charge in [-0.1, -0.05) is 29.8 Å². The maximum absolute atomic E-state index is 13.0. The first-order valence-electron chi connectivity index (χ1n) is 8.55. The Balaban J connectivity index is 1.56. The zero-order valence-electron chi connectivity index (χ0n) is 14.2. The van der Waals surface area contributed by atoms with Crippen molar-refractivity contribution in [2.45, 2.75) is 25.8 Å². The number of hydrogen-bond acceptors (Lipinski definition) is 3. The van der Waals surface area contributed by atoms with Crippen LogP contribution < -0.4 is 0 Å². The number of rotatable bonds is 3. The summed E-state index contributed by atoms with van der Waals surface area (Å²) < 4.78 is 1.68. The highest BCUT2D eigenvalue weighted by molar-refractivity contribution is 5.94. The zero-order chi connectivity index (χ0) is 17.2. The van der Waals surface area contributed by atoms with Crippen LogP contribution in [0, 0.1) is 6.92 Å². The van der Waals surface area contributed by atoms with E-state index in [0.717, 1.165) is 25.1 Å². The molecular formula is C20H20N4O. The molecular weight excluding hydrogens is 312 g/mol. The average molecular weight is 332 g/mol. The van der Waals surface area contributed by atoms with Gasteiger partial charge in [-0.15, -0.1) is 0 Å². The average Bonchev–Trinajstić information content (AvgIpc) is 3.34. The highest BCUT2D eigenvalue weighted by Crippen LogP contribution is 2.33. The van der Waals surface area contributed by atoms with Crippen molar-refractivity contribution in [3.8, 4) is 5.69 Å². The van der Waals surface area contributed by atoms with Crippen molar-refractivity contribution in [3.63, 3.8) is 0 Å². The molecule has 5 nitrogen and oxygen atoms in total. The molecule has 25 heavy (non-hydrogen) atoms. The monoisotopic (exact) mass is 332 g/mol. The van der Waals surface area contributed by atoms with Gasteiger partial charge in [0, 0.05) is 12.1 Å². The predicted molar refractivity (Wildman–Crippen MR) is 95.5 cm³/mol. The molecule has 2 aromatic carbocycles. The van der Waals surface area contributed by atoms with Crippen LogP contribution in [0.25, 0.3) is 5.69 Å². The maximum Gasteiger partial charge on any atom is 0.254 e. The smallest absolute Gasteiger partial charge is 0.254 e. The molecule has 1 aliphatic rings. The van der Waals surface area contributed by atoms with Gasteiger partial charge >= 0.3 is 0 Å². The van der Waals surface area contributed by atoms with Gasteiger partial charge in [0.15, 0.2) is 0 Å². The molecule has 1 unspecified atom stereocenters. The van der Waals surface area contributed by atoms with Gasteiger partial charge in [0.2, 0.25) is 0 Å². The topological polar surface area (TPSA) is 51.0 Å². The summed E-state index contributed by atoms with van der Waals surface area (Å²) in [5, 5.41) is 4.11. The molecule has 126 valence electrons. The molecule has 1 amide bonds. The van der Waals surface area contributed by atoms with Crippen molar-refractivity contribution in [3.05, 3.63) is 77.9 Å². The van der Waals surface area contributed by atoms with E-state index in [0.29, 0.717) is 5.56 Å². The Morgan fingerprint density at radius 1 is 1.08 bits per heavy atom. The molecule has 1 saturated heterocycles. The van der Waals surface area contributed by atoms with E-state index in [2.05, 4.69) is 41.3 Å². The van der Waals surface area contributed by atoms with Gasteiger partial charge in [-0.2, -0.15) is 5.10 Å². The van der Waals surface area contributed by atoms with E-state index in [1.165, 1.54) is 17.5 Å². The fraction of sp³-hybridized carbons (Fsp3) is 0.250. The minimum Gasteiger partial charge on any atom is -0.332 e. The lowest BCUT2D eigenvalue weighted by Crippen LogP contribution is -2.30. The summed E-state index contributed by atoms with van der Waals surface area (Å²) in [6.45, 7) is 2.89. The van der Waals surface area contributed by atoms with Crippen molar-refractivity contribution >= 4 is 5.91 Å². The van der Waals surface area contributed by atoms with Crippen molar-refractivity contribution in [2.75, 3.05) is 6.54 Å². The molecule has 0 radical (unpaired) electrons. The van der Waals surface area contributed by atoms with Crippen LogP contribution in [0.15, 0.2) is 61.2 Å². The molecule has 1 aliphatic heterocycles. The van der Waals surface area contributed by atoms with Gasteiger partial charge in [-0.3, -0.25) is 4.79 Å². The Labute approximate surface area is 146 Å².